The minimum Gasteiger partial charge on any atom is -0.435 e. The molecule has 0 saturated carbocycles. The minimum absolute atomic E-state index is 0.211. The number of aromatic nitrogens is 2. The number of imidazole rings is 1. The Morgan fingerprint density at radius 2 is 1.82 bits per heavy atom. The number of ether oxygens (including phenoxy) is 1. The predicted octanol–water partition coefficient (Wildman–Crippen LogP) is 5.13. The Kier molecular flexibility index (Phi) is 6.71. The van der Waals surface area contributed by atoms with Crippen molar-refractivity contribution in [2.45, 2.75) is 51.8 Å². The molecule has 1 aliphatic rings. The normalized spacial score (nSPS) is 15.8. The first kappa shape index (κ1) is 24.3. The summed E-state index contributed by atoms with van der Waals surface area (Å²) in [5.74, 6) is 0.678. The quantitative estimate of drug-likeness (QED) is 0.517. The zero-order valence-corrected chi connectivity index (χ0v) is 19.9. The molecule has 1 saturated heterocycles. The molecule has 6 nitrogen and oxygen atoms in total. The van der Waals surface area contributed by atoms with Crippen LogP contribution in [-0.2, 0) is 0 Å². The molecule has 0 atom stereocenters. The van der Waals surface area contributed by atoms with Crippen LogP contribution in [0.15, 0.2) is 41.2 Å². The van der Waals surface area contributed by atoms with E-state index < -0.39 is 18.1 Å². The van der Waals surface area contributed by atoms with Gasteiger partial charge in [-0.2, -0.15) is 20.5 Å². The van der Waals surface area contributed by atoms with Gasteiger partial charge < -0.3 is 10.1 Å². The van der Waals surface area contributed by atoms with Crippen LogP contribution in [0, 0.1) is 5.82 Å². The molecule has 0 aliphatic carbocycles. The van der Waals surface area contributed by atoms with Crippen LogP contribution < -0.4 is 15.7 Å². The minimum atomic E-state index is -3.09. The Morgan fingerprint density at radius 3 is 2.47 bits per heavy atom. The van der Waals surface area contributed by atoms with Crippen LogP contribution in [0.2, 0.25) is 0 Å². The number of fused-ring (bicyclic) bond motifs is 1. The second kappa shape index (κ2) is 9.40. The van der Waals surface area contributed by atoms with Crippen LogP contribution in [0.25, 0.3) is 16.7 Å². The molecular weight excluding hydrogens is 467 g/mol. The zero-order chi connectivity index (χ0) is 24.6. The number of rotatable bonds is 6. The number of carbonyl (C=O) groups is 1. The van der Waals surface area contributed by atoms with E-state index in [-0.39, 0.29) is 28.9 Å². The molecule has 1 amide bonds. The molecule has 0 spiro atoms. The highest BCUT2D eigenvalue weighted by molar-refractivity contribution is 7.99. The monoisotopic (exact) mass is 493 g/mol. The lowest BCUT2D eigenvalue weighted by Crippen LogP contribution is -2.48. The molecule has 2 aromatic carbocycles. The van der Waals surface area contributed by atoms with E-state index in [0.717, 1.165) is 47.1 Å². The summed E-state index contributed by atoms with van der Waals surface area (Å²) in [5.41, 5.74) is 0.118. The standard InChI is InChI=1S/C24H26F3N3O3S/c1-14(2)29-20-12-15(21(31)28-24(3)8-10-34-11-9-24)4-7-18(20)30(23(29)32)19-13-16(33-22(26)27)5-6-17(19)25/h4-7,12-14,22H,8-11H2,1-3H3,(H,28,31). The number of halogens is 3. The molecule has 0 radical (unpaired) electrons. The lowest BCUT2D eigenvalue weighted by molar-refractivity contribution is -0.0498. The van der Waals surface area contributed by atoms with Crippen molar-refractivity contribution in [3.63, 3.8) is 0 Å². The van der Waals surface area contributed by atoms with E-state index in [1.54, 1.807) is 32.0 Å². The summed E-state index contributed by atoms with van der Waals surface area (Å²) >= 11 is 1.86. The van der Waals surface area contributed by atoms with Crippen LogP contribution in [0.4, 0.5) is 13.2 Å². The van der Waals surface area contributed by atoms with Crippen molar-refractivity contribution < 1.29 is 22.7 Å². The summed E-state index contributed by atoms with van der Waals surface area (Å²) in [6, 6.07) is 7.58. The molecule has 3 aromatic rings. The molecule has 0 unspecified atom stereocenters. The highest BCUT2D eigenvalue weighted by atomic mass is 32.2. The first-order valence-corrected chi connectivity index (χ1v) is 12.2. The molecular formula is C24H26F3N3O3S. The van der Waals surface area contributed by atoms with Crippen molar-refractivity contribution in [1.29, 1.82) is 0 Å². The second-order valence-corrected chi connectivity index (χ2v) is 10.1. The Labute approximate surface area is 199 Å². The van der Waals surface area contributed by atoms with Crippen molar-refractivity contribution in [2.24, 2.45) is 0 Å². The molecule has 1 fully saturated rings. The first-order valence-electron chi connectivity index (χ1n) is 11.0. The summed E-state index contributed by atoms with van der Waals surface area (Å²) in [6.07, 6.45) is 1.74. The van der Waals surface area contributed by atoms with Gasteiger partial charge in [-0.15, -0.1) is 0 Å². The SMILES string of the molecule is CC(C)n1c(=O)n(-c2cc(OC(F)F)ccc2F)c2ccc(C(=O)NC3(C)CCSCC3)cc21. The number of nitrogens with one attached hydrogen (secondary N) is 1. The predicted molar refractivity (Wildman–Crippen MR) is 127 cm³/mol. The van der Waals surface area contributed by atoms with Crippen LogP contribution in [0.1, 0.15) is 50.0 Å². The highest BCUT2D eigenvalue weighted by Gasteiger charge is 2.29. The van der Waals surface area contributed by atoms with Gasteiger partial charge in [-0.25, -0.2) is 9.18 Å². The van der Waals surface area contributed by atoms with Crippen molar-refractivity contribution >= 4 is 28.7 Å². The number of amides is 1. The molecule has 2 heterocycles. The van der Waals surface area contributed by atoms with E-state index in [1.807, 2.05) is 18.7 Å². The Bertz CT molecular complexity index is 1280. The topological polar surface area (TPSA) is 65.3 Å². The maximum Gasteiger partial charge on any atom is 0.387 e. The number of carbonyl (C=O) groups excluding carboxylic acids is 1. The maximum absolute atomic E-state index is 14.7. The lowest BCUT2D eigenvalue weighted by atomic mass is 9.94. The van der Waals surface area contributed by atoms with Gasteiger partial charge in [0.2, 0.25) is 0 Å². The van der Waals surface area contributed by atoms with E-state index in [9.17, 15) is 22.8 Å². The second-order valence-electron chi connectivity index (χ2n) is 8.90. The highest BCUT2D eigenvalue weighted by Crippen LogP contribution is 2.29. The van der Waals surface area contributed by atoms with E-state index in [4.69, 9.17) is 0 Å². The number of alkyl halides is 2. The van der Waals surface area contributed by atoms with Gasteiger partial charge in [0.25, 0.3) is 5.91 Å². The summed E-state index contributed by atoms with van der Waals surface area (Å²) in [7, 11) is 0. The fourth-order valence-corrected chi connectivity index (χ4v) is 5.62. The molecule has 34 heavy (non-hydrogen) atoms. The first-order chi connectivity index (χ1) is 16.1. The smallest absolute Gasteiger partial charge is 0.387 e. The average molecular weight is 494 g/mol. The number of thioether (sulfide) groups is 1. The number of hydrogen-bond acceptors (Lipinski definition) is 4. The van der Waals surface area contributed by atoms with Crippen LogP contribution in [-0.4, -0.2) is 38.7 Å². The van der Waals surface area contributed by atoms with E-state index >= 15 is 0 Å². The molecule has 1 N–H and O–H groups in total. The molecule has 0 bridgehead atoms. The van der Waals surface area contributed by atoms with Gasteiger partial charge in [-0.1, -0.05) is 0 Å². The van der Waals surface area contributed by atoms with Crippen molar-refractivity contribution in [3.8, 4) is 11.4 Å². The summed E-state index contributed by atoms with van der Waals surface area (Å²) in [5, 5.41) is 3.12. The van der Waals surface area contributed by atoms with Gasteiger partial charge in [0, 0.05) is 23.2 Å². The Balaban J connectivity index is 1.81. The lowest BCUT2D eigenvalue weighted by Gasteiger charge is -2.34. The summed E-state index contributed by atoms with van der Waals surface area (Å²) < 4.78 is 47.1. The fourth-order valence-electron chi connectivity index (χ4n) is 4.23. The number of nitrogens with zero attached hydrogens (tertiary/aromatic N) is 2. The van der Waals surface area contributed by atoms with Gasteiger partial charge in [-0.3, -0.25) is 13.9 Å². The largest absolute Gasteiger partial charge is 0.435 e. The third kappa shape index (κ3) is 4.68. The molecule has 1 aliphatic heterocycles. The van der Waals surface area contributed by atoms with E-state index in [0.29, 0.717) is 16.6 Å². The van der Waals surface area contributed by atoms with Gasteiger partial charge in [0.15, 0.2) is 0 Å². The van der Waals surface area contributed by atoms with Gasteiger partial charge in [-0.05, 0) is 75.5 Å². The number of benzene rings is 2. The third-order valence-electron chi connectivity index (χ3n) is 6.05. The van der Waals surface area contributed by atoms with Gasteiger partial charge >= 0.3 is 12.3 Å². The van der Waals surface area contributed by atoms with Gasteiger partial charge in [0.1, 0.15) is 11.6 Å². The molecule has 182 valence electrons. The van der Waals surface area contributed by atoms with Gasteiger partial charge in [0.05, 0.1) is 16.7 Å². The maximum atomic E-state index is 14.7. The zero-order valence-electron chi connectivity index (χ0n) is 19.1. The van der Waals surface area contributed by atoms with Crippen LogP contribution in [0.3, 0.4) is 0 Å². The Hall–Kier alpha value is -2.88. The summed E-state index contributed by atoms with van der Waals surface area (Å²) in [4.78, 5) is 26.4. The van der Waals surface area contributed by atoms with Crippen LogP contribution >= 0.6 is 11.8 Å². The van der Waals surface area contributed by atoms with Crippen molar-refractivity contribution in [3.05, 3.63) is 58.3 Å². The fraction of sp³-hybridized carbons (Fsp3) is 0.417. The average Bonchev–Trinajstić information content (AvgIpc) is 3.06. The molecule has 10 heteroatoms. The van der Waals surface area contributed by atoms with Crippen LogP contribution in [0.5, 0.6) is 5.75 Å². The van der Waals surface area contributed by atoms with Crippen molar-refractivity contribution in [2.75, 3.05) is 11.5 Å². The van der Waals surface area contributed by atoms with E-state index in [1.165, 1.54) is 4.57 Å². The Morgan fingerprint density at radius 1 is 1.12 bits per heavy atom. The number of hydrogen-bond donors (Lipinski definition) is 1. The molecule has 4 rings (SSSR count). The molecule has 1 aromatic heterocycles. The summed E-state index contributed by atoms with van der Waals surface area (Å²) in [6.45, 7) is 2.54. The third-order valence-corrected chi connectivity index (χ3v) is 7.03. The van der Waals surface area contributed by atoms with Crippen molar-refractivity contribution in [1.82, 2.24) is 14.5 Å². The van der Waals surface area contributed by atoms with E-state index in [2.05, 4.69) is 10.1 Å².